The predicted octanol–water partition coefficient (Wildman–Crippen LogP) is 1.22. The zero-order chi connectivity index (χ0) is 16.9. The van der Waals surface area contributed by atoms with Crippen molar-refractivity contribution >= 4 is 11.8 Å². The van der Waals surface area contributed by atoms with E-state index in [1.165, 1.54) is 6.20 Å². The van der Waals surface area contributed by atoms with E-state index in [4.69, 9.17) is 5.73 Å². The van der Waals surface area contributed by atoms with Gasteiger partial charge in [0.05, 0.1) is 5.56 Å². The van der Waals surface area contributed by atoms with Gasteiger partial charge in [0.1, 0.15) is 6.04 Å². The molecule has 7 heteroatoms. The van der Waals surface area contributed by atoms with Gasteiger partial charge in [0.15, 0.2) is 5.82 Å². The third-order valence-corrected chi connectivity index (χ3v) is 3.44. The average Bonchev–Trinajstić information content (AvgIpc) is 3.15. The second-order valence-electron chi connectivity index (χ2n) is 5.08. The predicted molar refractivity (Wildman–Crippen MR) is 87.2 cm³/mol. The van der Waals surface area contributed by atoms with Crippen molar-refractivity contribution in [3.05, 3.63) is 78.2 Å². The highest BCUT2D eigenvalue weighted by atomic mass is 16.2. The minimum absolute atomic E-state index is 0.327. The fraction of sp³-hybridized carbons (Fsp3) is 0.0588. The molecule has 7 nitrogen and oxygen atoms in total. The van der Waals surface area contributed by atoms with E-state index in [1.54, 1.807) is 59.5 Å². The van der Waals surface area contributed by atoms with Crippen LogP contribution >= 0.6 is 0 Å². The maximum absolute atomic E-state index is 12.3. The first-order chi connectivity index (χ1) is 11.6. The van der Waals surface area contributed by atoms with E-state index in [2.05, 4.69) is 15.4 Å². The Bertz CT molecular complexity index is 829. The first-order valence-corrected chi connectivity index (χ1v) is 7.26. The van der Waals surface area contributed by atoms with E-state index < -0.39 is 17.9 Å². The molecule has 0 bridgehead atoms. The molecule has 3 N–H and O–H groups in total. The largest absolute Gasteiger partial charge is 0.368 e. The number of carbonyl (C=O) groups is 2. The lowest BCUT2D eigenvalue weighted by molar-refractivity contribution is -0.120. The molecule has 0 radical (unpaired) electrons. The molecule has 0 aliphatic rings. The Hall–Kier alpha value is -3.48. The Kier molecular flexibility index (Phi) is 4.33. The maximum Gasteiger partial charge on any atom is 0.253 e. The first kappa shape index (κ1) is 15.4. The van der Waals surface area contributed by atoms with Crippen molar-refractivity contribution in [2.24, 2.45) is 5.73 Å². The molecule has 2 aromatic heterocycles. The number of carbonyl (C=O) groups excluding carboxylic acids is 2. The standard InChI is InChI=1S/C17H15N5O2/c18-16(23)15(12-5-2-1-3-6-12)21-17(24)13-7-8-14(19-11-13)22-10-4-9-20-22/h1-11,15H,(H2,18,23)(H,21,24)/t15-/m1/s1. The molecule has 0 unspecified atom stereocenters. The van der Waals surface area contributed by atoms with Crippen LogP contribution in [0.3, 0.4) is 0 Å². The average molecular weight is 321 g/mol. The Morgan fingerprint density at radius 1 is 1.08 bits per heavy atom. The number of hydrogen-bond donors (Lipinski definition) is 2. The van der Waals surface area contributed by atoms with Gasteiger partial charge in [-0.2, -0.15) is 5.10 Å². The number of nitrogens with zero attached hydrogens (tertiary/aromatic N) is 3. The van der Waals surface area contributed by atoms with Crippen molar-refractivity contribution in [3.63, 3.8) is 0 Å². The molecule has 0 saturated carbocycles. The van der Waals surface area contributed by atoms with Gasteiger partial charge in [0.2, 0.25) is 5.91 Å². The second kappa shape index (κ2) is 6.74. The molecule has 0 saturated heterocycles. The van der Waals surface area contributed by atoms with Gasteiger partial charge in [-0.05, 0) is 23.8 Å². The van der Waals surface area contributed by atoms with Crippen LogP contribution in [0.4, 0.5) is 0 Å². The number of amides is 2. The minimum atomic E-state index is -0.899. The molecule has 0 aliphatic heterocycles. The van der Waals surface area contributed by atoms with Crippen LogP contribution in [0.15, 0.2) is 67.1 Å². The molecular formula is C17H15N5O2. The van der Waals surface area contributed by atoms with Crippen LogP contribution in [0.2, 0.25) is 0 Å². The normalized spacial score (nSPS) is 11.7. The van der Waals surface area contributed by atoms with Crippen molar-refractivity contribution < 1.29 is 9.59 Å². The summed E-state index contributed by atoms with van der Waals surface area (Å²) in [4.78, 5) is 28.2. The number of primary amides is 1. The molecule has 0 spiro atoms. The van der Waals surface area contributed by atoms with Crippen molar-refractivity contribution in [1.82, 2.24) is 20.1 Å². The summed E-state index contributed by atoms with van der Waals surface area (Å²) in [5.41, 5.74) is 6.35. The van der Waals surface area contributed by atoms with Crippen LogP contribution in [0, 0.1) is 0 Å². The second-order valence-corrected chi connectivity index (χ2v) is 5.08. The van der Waals surface area contributed by atoms with Gasteiger partial charge in [0.25, 0.3) is 5.91 Å². The van der Waals surface area contributed by atoms with Crippen LogP contribution in [0.5, 0.6) is 0 Å². The fourth-order valence-corrected chi connectivity index (χ4v) is 2.24. The van der Waals surface area contributed by atoms with Gasteiger partial charge >= 0.3 is 0 Å². The smallest absolute Gasteiger partial charge is 0.253 e. The van der Waals surface area contributed by atoms with E-state index >= 15 is 0 Å². The van der Waals surface area contributed by atoms with Gasteiger partial charge in [-0.15, -0.1) is 0 Å². The summed E-state index contributed by atoms with van der Waals surface area (Å²) in [7, 11) is 0. The molecule has 2 amide bonds. The summed E-state index contributed by atoms with van der Waals surface area (Å²) < 4.78 is 1.58. The zero-order valence-electron chi connectivity index (χ0n) is 12.7. The highest BCUT2D eigenvalue weighted by Crippen LogP contribution is 2.13. The third-order valence-electron chi connectivity index (χ3n) is 3.44. The fourth-order valence-electron chi connectivity index (χ4n) is 2.24. The Morgan fingerprint density at radius 2 is 1.88 bits per heavy atom. The Morgan fingerprint density at radius 3 is 2.46 bits per heavy atom. The molecule has 120 valence electrons. The van der Waals surface area contributed by atoms with Crippen molar-refractivity contribution in [1.29, 1.82) is 0 Å². The molecule has 2 heterocycles. The summed E-state index contributed by atoms with van der Waals surface area (Å²) >= 11 is 0. The van der Waals surface area contributed by atoms with Crippen molar-refractivity contribution in [2.75, 3.05) is 0 Å². The summed E-state index contributed by atoms with van der Waals surface area (Å²) in [6, 6.07) is 13.0. The van der Waals surface area contributed by atoms with Crippen LogP contribution in [-0.4, -0.2) is 26.6 Å². The lowest BCUT2D eigenvalue weighted by atomic mass is 10.1. The molecule has 1 aromatic carbocycles. The number of nitrogens with two attached hydrogens (primary N) is 1. The number of benzene rings is 1. The molecule has 24 heavy (non-hydrogen) atoms. The molecular weight excluding hydrogens is 306 g/mol. The zero-order valence-corrected chi connectivity index (χ0v) is 12.7. The van der Waals surface area contributed by atoms with Gasteiger partial charge in [-0.1, -0.05) is 30.3 Å². The van der Waals surface area contributed by atoms with Crippen LogP contribution < -0.4 is 11.1 Å². The molecule has 0 aliphatic carbocycles. The number of nitrogens with one attached hydrogen (secondary N) is 1. The van der Waals surface area contributed by atoms with Gasteiger partial charge in [-0.3, -0.25) is 9.59 Å². The summed E-state index contributed by atoms with van der Waals surface area (Å²) in [6.45, 7) is 0. The molecule has 0 fully saturated rings. The van der Waals surface area contributed by atoms with Crippen LogP contribution in [0.25, 0.3) is 5.82 Å². The third kappa shape index (κ3) is 3.30. The van der Waals surface area contributed by atoms with Gasteiger partial charge in [-0.25, -0.2) is 9.67 Å². The number of aromatic nitrogens is 3. The van der Waals surface area contributed by atoms with Gasteiger partial charge in [0, 0.05) is 18.6 Å². The van der Waals surface area contributed by atoms with Crippen molar-refractivity contribution in [2.45, 2.75) is 6.04 Å². The highest BCUT2D eigenvalue weighted by molar-refractivity contribution is 5.97. The number of hydrogen-bond acceptors (Lipinski definition) is 4. The molecule has 3 rings (SSSR count). The molecule has 3 aromatic rings. The quantitative estimate of drug-likeness (QED) is 0.737. The van der Waals surface area contributed by atoms with Crippen LogP contribution in [0.1, 0.15) is 22.0 Å². The van der Waals surface area contributed by atoms with Crippen LogP contribution in [-0.2, 0) is 4.79 Å². The van der Waals surface area contributed by atoms with E-state index in [9.17, 15) is 9.59 Å². The van der Waals surface area contributed by atoms with E-state index in [-0.39, 0.29) is 0 Å². The topological polar surface area (TPSA) is 103 Å². The summed E-state index contributed by atoms with van der Waals surface area (Å²) in [6.07, 6.45) is 4.82. The SMILES string of the molecule is NC(=O)[C@H](NC(=O)c1ccc(-n2cccn2)nc1)c1ccccc1. The number of rotatable bonds is 5. The lowest BCUT2D eigenvalue weighted by Gasteiger charge is -2.15. The van der Waals surface area contributed by atoms with E-state index in [0.29, 0.717) is 16.9 Å². The highest BCUT2D eigenvalue weighted by Gasteiger charge is 2.20. The first-order valence-electron chi connectivity index (χ1n) is 7.26. The number of pyridine rings is 1. The lowest BCUT2D eigenvalue weighted by Crippen LogP contribution is -2.37. The van der Waals surface area contributed by atoms with Crippen molar-refractivity contribution in [3.8, 4) is 5.82 Å². The monoisotopic (exact) mass is 321 g/mol. The Balaban J connectivity index is 1.77. The summed E-state index contributed by atoms with van der Waals surface area (Å²) in [5, 5.41) is 6.69. The Labute approximate surface area is 138 Å². The molecule has 1 atom stereocenters. The van der Waals surface area contributed by atoms with E-state index in [0.717, 1.165) is 0 Å². The van der Waals surface area contributed by atoms with E-state index in [1.807, 2.05) is 6.07 Å². The maximum atomic E-state index is 12.3. The van der Waals surface area contributed by atoms with Gasteiger partial charge < -0.3 is 11.1 Å². The summed E-state index contributed by atoms with van der Waals surface area (Å²) in [5.74, 6) is -0.469. The minimum Gasteiger partial charge on any atom is -0.368 e.